The second-order valence-corrected chi connectivity index (χ2v) is 5.15. The first-order chi connectivity index (χ1) is 9.16. The smallest absolute Gasteiger partial charge is 0.270 e. The zero-order chi connectivity index (χ0) is 13.4. The Morgan fingerprint density at radius 1 is 1.32 bits per heavy atom. The molecule has 2 heterocycles. The summed E-state index contributed by atoms with van der Waals surface area (Å²) in [5.41, 5.74) is 4.53. The Balaban J connectivity index is 2.14. The number of nitrogens with one attached hydrogen (secondary N) is 1. The van der Waals surface area contributed by atoms with Crippen molar-refractivity contribution < 1.29 is 0 Å². The highest BCUT2D eigenvalue weighted by Gasteiger charge is 2.26. The number of fused-ring (bicyclic) bond motifs is 1. The number of aryl methyl sites for hydroxylation is 3. The zero-order valence-electron chi connectivity index (χ0n) is 11.2. The van der Waals surface area contributed by atoms with E-state index in [1.807, 2.05) is 19.9 Å². The van der Waals surface area contributed by atoms with Gasteiger partial charge < -0.3 is 4.98 Å². The van der Waals surface area contributed by atoms with Crippen LogP contribution in [0, 0.1) is 13.8 Å². The molecule has 1 N–H and O–H groups in total. The Bertz CT molecular complexity index is 675. The Labute approximate surface area is 111 Å². The Morgan fingerprint density at radius 2 is 2.16 bits per heavy atom. The van der Waals surface area contributed by atoms with Gasteiger partial charge in [-0.1, -0.05) is 6.07 Å². The maximum Gasteiger partial charge on any atom is 0.270 e. The van der Waals surface area contributed by atoms with Crippen molar-refractivity contribution in [1.82, 2.24) is 15.0 Å². The van der Waals surface area contributed by atoms with Gasteiger partial charge in [-0.2, -0.15) is 0 Å². The quantitative estimate of drug-likeness (QED) is 0.850. The molecule has 0 aromatic carbocycles. The summed E-state index contributed by atoms with van der Waals surface area (Å²) >= 11 is 0. The normalized spacial score (nSPS) is 18.1. The van der Waals surface area contributed by atoms with E-state index in [-0.39, 0.29) is 11.5 Å². The van der Waals surface area contributed by atoms with Crippen LogP contribution in [0.3, 0.4) is 0 Å². The van der Waals surface area contributed by atoms with Gasteiger partial charge in [-0.3, -0.25) is 9.78 Å². The van der Waals surface area contributed by atoms with Crippen molar-refractivity contribution in [1.29, 1.82) is 0 Å². The van der Waals surface area contributed by atoms with E-state index in [0.29, 0.717) is 5.69 Å². The maximum absolute atomic E-state index is 12.2. The molecule has 0 radical (unpaired) electrons. The van der Waals surface area contributed by atoms with Crippen LogP contribution >= 0.6 is 0 Å². The Kier molecular flexibility index (Phi) is 2.93. The molecule has 19 heavy (non-hydrogen) atoms. The van der Waals surface area contributed by atoms with Crippen molar-refractivity contribution in [2.24, 2.45) is 0 Å². The second kappa shape index (κ2) is 4.61. The molecule has 2 aromatic heterocycles. The molecule has 0 aliphatic heterocycles. The van der Waals surface area contributed by atoms with Gasteiger partial charge in [0.2, 0.25) is 0 Å². The third kappa shape index (κ3) is 2.07. The van der Waals surface area contributed by atoms with E-state index in [1.54, 1.807) is 6.20 Å². The highest BCUT2D eigenvalue weighted by Crippen LogP contribution is 2.32. The van der Waals surface area contributed by atoms with Crippen molar-refractivity contribution in [3.8, 4) is 0 Å². The van der Waals surface area contributed by atoms with E-state index >= 15 is 0 Å². The lowest BCUT2D eigenvalue weighted by Gasteiger charge is -2.23. The van der Waals surface area contributed by atoms with Gasteiger partial charge in [0.05, 0.1) is 11.4 Å². The van der Waals surface area contributed by atoms with Crippen LogP contribution in [0.25, 0.3) is 0 Å². The van der Waals surface area contributed by atoms with Crippen LogP contribution in [0.15, 0.2) is 23.1 Å². The van der Waals surface area contributed by atoms with Crippen molar-refractivity contribution in [3.05, 3.63) is 57.0 Å². The second-order valence-electron chi connectivity index (χ2n) is 5.15. The van der Waals surface area contributed by atoms with Crippen LogP contribution in [0.4, 0.5) is 0 Å². The van der Waals surface area contributed by atoms with Gasteiger partial charge in [0.25, 0.3) is 5.56 Å². The predicted octanol–water partition coefficient (Wildman–Crippen LogP) is 2.25. The minimum absolute atomic E-state index is 0.0352. The standard InChI is InChI=1S/C15H17N3O/c1-9-10(2)18-15(19)14(17-9)12-7-3-5-11-6-4-8-16-13(11)12/h4,6,8,12H,3,5,7H2,1-2H3,(H,18,19). The topological polar surface area (TPSA) is 58.6 Å². The number of hydrogen-bond acceptors (Lipinski definition) is 3. The minimum atomic E-state index is -0.0772. The molecule has 1 unspecified atom stereocenters. The molecule has 0 saturated carbocycles. The molecule has 3 rings (SSSR count). The maximum atomic E-state index is 12.2. The van der Waals surface area contributed by atoms with Crippen molar-refractivity contribution >= 4 is 0 Å². The van der Waals surface area contributed by atoms with E-state index in [2.05, 4.69) is 21.0 Å². The molecule has 98 valence electrons. The summed E-state index contributed by atoms with van der Waals surface area (Å²) < 4.78 is 0. The van der Waals surface area contributed by atoms with Crippen LogP contribution in [0.5, 0.6) is 0 Å². The van der Waals surface area contributed by atoms with E-state index < -0.39 is 0 Å². The van der Waals surface area contributed by atoms with Gasteiger partial charge in [0.15, 0.2) is 0 Å². The number of hydrogen-bond donors (Lipinski definition) is 1. The Hall–Kier alpha value is -1.97. The predicted molar refractivity (Wildman–Crippen MR) is 73.3 cm³/mol. The molecule has 2 aromatic rings. The number of H-pyrrole nitrogens is 1. The van der Waals surface area contributed by atoms with Gasteiger partial charge in [0.1, 0.15) is 5.69 Å². The third-order valence-corrected chi connectivity index (χ3v) is 3.89. The number of rotatable bonds is 1. The van der Waals surface area contributed by atoms with Gasteiger partial charge in [-0.15, -0.1) is 0 Å². The van der Waals surface area contributed by atoms with E-state index in [4.69, 9.17) is 0 Å². The van der Waals surface area contributed by atoms with E-state index in [1.165, 1.54) is 5.56 Å². The number of aromatic nitrogens is 3. The van der Waals surface area contributed by atoms with Crippen molar-refractivity contribution in [3.63, 3.8) is 0 Å². The third-order valence-electron chi connectivity index (χ3n) is 3.89. The first-order valence-electron chi connectivity index (χ1n) is 6.68. The summed E-state index contributed by atoms with van der Waals surface area (Å²) in [4.78, 5) is 24.0. The van der Waals surface area contributed by atoms with E-state index in [9.17, 15) is 4.79 Å². The highest BCUT2D eigenvalue weighted by molar-refractivity contribution is 5.32. The summed E-state index contributed by atoms with van der Waals surface area (Å²) in [6, 6.07) is 4.06. The minimum Gasteiger partial charge on any atom is -0.323 e. The van der Waals surface area contributed by atoms with Gasteiger partial charge in [0, 0.05) is 17.8 Å². The zero-order valence-corrected chi connectivity index (χ0v) is 11.2. The lowest BCUT2D eigenvalue weighted by molar-refractivity contribution is 0.580. The average molecular weight is 255 g/mol. The fourth-order valence-corrected chi connectivity index (χ4v) is 2.75. The van der Waals surface area contributed by atoms with Crippen LogP contribution < -0.4 is 5.56 Å². The van der Waals surface area contributed by atoms with Crippen LogP contribution in [0.2, 0.25) is 0 Å². The summed E-state index contributed by atoms with van der Waals surface area (Å²) in [5.74, 6) is 0.0352. The molecule has 4 heteroatoms. The van der Waals surface area contributed by atoms with Crippen LogP contribution in [-0.2, 0) is 6.42 Å². The molecule has 1 atom stereocenters. The molecular formula is C15H17N3O. The first kappa shape index (κ1) is 12.1. The molecule has 0 fully saturated rings. The first-order valence-corrected chi connectivity index (χ1v) is 6.68. The molecule has 1 aliphatic carbocycles. The summed E-state index contributed by atoms with van der Waals surface area (Å²) in [7, 11) is 0. The van der Waals surface area contributed by atoms with Gasteiger partial charge in [-0.05, 0) is 44.7 Å². The largest absolute Gasteiger partial charge is 0.323 e. The molecule has 0 bridgehead atoms. The highest BCUT2D eigenvalue weighted by atomic mass is 16.1. The van der Waals surface area contributed by atoms with Crippen molar-refractivity contribution in [2.45, 2.75) is 39.0 Å². The monoisotopic (exact) mass is 255 g/mol. The fraction of sp³-hybridized carbons (Fsp3) is 0.400. The summed E-state index contributed by atoms with van der Waals surface area (Å²) in [6.45, 7) is 3.80. The van der Waals surface area contributed by atoms with Crippen LogP contribution in [-0.4, -0.2) is 15.0 Å². The molecule has 0 spiro atoms. The molecular weight excluding hydrogens is 238 g/mol. The number of aromatic amines is 1. The summed E-state index contributed by atoms with van der Waals surface area (Å²) in [5, 5.41) is 0. The average Bonchev–Trinajstić information content (AvgIpc) is 2.42. The fourth-order valence-electron chi connectivity index (χ4n) is 2.75. The van der Waals surface area contributed by atoms with Crippen LogP contribution in [0.1, 0.15) is 47.1 Å². The van der Waals surface area contributed by atoms with E-state index in [0.717, 1.165) is 36.3 Å². The SMILES string of the molecule is Cc1nc(C2CCCc3cccnc32)c(=O)[nH]c1C. The lowest BCUT2D eigenvalue weighted by Crippen LogP contribution is -2.24. The van der Waals surface area contributed by atoms with Crippen molar-refractivity contribution in [2.75, 3.05) is 0 Å². The van der Waals surface area contributed by atoms with Gasteiger partial charge >= 0.3 is 0 Å². The molecule has 1 aliphatic rings. The van der Waals surface area contributed by atoms with Gasteiger partial charge in [-0.25, -0.2) is 4.98 Å². The number of pyridine rings is 1. The summed E-state index contributed by atoms with van der Waals surface area (Å²) in [6.07, 6.45) is 4.87. The lowest BCUT2D eigenvalue weighted by atomic mass is 9.84. The Morgan fingerprint density at radius 3 is 3.00 bits per heavy atom. The molecule has 4 nitrogen and oxygen atoms in total. The number of nitrogens with zero attached hydrogens (tertiary/aromatic N) is 2. The molecule has 0 saturated heterocycles. The molecule has 0 amide bonds.